The fourth-order valence-electron chi connectivity index (χ4n) is 2.64. The molecule has 0 aliphatic carbocycles. The topological polar surface area (TPSA) is 195 Å². The lowest BCUT2D eigenvalue weighted by atomic mass is 9.95. The molecule has 0 amide bonds. The van der Waals surface area contributed by atoms with E-state index in [2.05, 4.69) is 15.0 Å². The summed E-state index contributed by atoms with van der Waals surface area (Å²) in [7, 11) is -2.27. The summed E-state index contributed by atoms with van der Waals surface area (Å²) in [6.45, 7) is 0.509. The number of imidazole rings is 1. The van der Waals surface area contributed by atoms with E-state index in [-0.39, 0.29) is 17.1 Å². The monoisotopic (exact) mass is 378 g/mol. The summed E-state index contributed by atoms with van der Waals surface area (Å²) in [6, 6.07) is 0. The first-order chi connectivity index (χ1) is 11.6. The first-order valence-electron chi connectivity index (χ1n) is 6.95. The minimum Gasteiger partial charge on any atom is -0.387 e. The summed E-state index contributed by atoms with van der Waals surface area (Å²) in [5.41, 5.74) is 6.83. The largest absolute Gasteiger partial charge is 0.387 e. The number of H-pyrrole nitrogens is 1. The summed E-state index contributed by atoms with van der Waals surface area (Å²) in [4.78, 5) is 30.5. The fourth-order valence-corrected chi connectivity index (χ4v) is 2.94. The van der Waals surface area contributed by atoms with Crippen molar-refractivity contribution in [3.05, 3.63) is 16.7 Å². The van der Waals surface area contributed by atoms with Gasteiger partial charge in [-0.05, 0) is 6.92 Å². The van der Waals surface area contributed by atoms with Crippen molar-refractivity contribution in [1.82, 2.24) is 19.5 Å². The Bertz CT molecular complexity index is 857. The third-order valence-corrected chi connectivity index (χ3v) is 4.38. The van der Waals surface area contributed by atoms with Crippen LogP contribution in [0.15, 0.2) is 11.1 Å². The van der Waals surface area contributed by atoms with E-state index in [1.165, 1.54) is 0 Å². The number of aromatic nitrogens is 4. The number of aromatic amines is 1. The van der Waals surface area contributed by atoms with Crippen molar-refractivity contribution in [2.45, 2.75) is 30.7 Å². The number of halogens is 1. The molecular formula is C11H16FN6O6P. The van der Waals surface area contributed by atoms with Crippen molar-refractivity contribution in [3.63, 3.8) is 0 Å². The van der Waals surface area contributed by atoms with Crippen LogP contribution in [0.3, 0.4) is 0 Å². The molecule has 2 aromatic rings. The number of rotatable bonds is 4. The summed E-state index contributed by atoms with van der Waals surface area (Å²) in [5.74, 6) is -3.34. The molecule has 138 valence electrons. The number of alkyl halides is 1. The maximum Gasteiger partial charge on any atom is 0.328 e. The van der Waals surface area contributed by atoms with Gasteiger partial charge in [-0.15, -0.1) is 0 Å². The molecule has 3 heterocycles. The highest BCUT2D eigenvalue weighted by Crippen LogP contribution is 2.46. The highest BCUT2D eigenvalue weighted by atomic mass is 31.2. The molecule has 0 spiro atoms. The van der Waals surface area contributed by atoms with E-state index in [4.69, 9.17) is 25.4 Å². The number of hydrogen-bond donors (Lipinski definition) is 6. The van der Waals surface area contributed by atoms with Crippen molar-refractivity contribution >= 4 is 25.6 Å². The van der Waals surface area contributed by atoms with Gasteiger partial charge in [-0.1, -0.05) is 0 Å². The summed E-state index contributed by atoms with van der Waals surface area (Å²) in [6.07, 6.45) is -2.22. The third-order valence-electron chi connectivity index (χ3n) is 3.97. The van der Waals surface area contributed by atoms with Crippen LogP contribution in [0, 0.1) is 0 Å². The molecule has 0 bridgehead atoms. The molecule has 1 saturated heterocycles. The van der Waals surface area contributed by atoms with Crippen molar-refractivity contribution < 1.29 is 28.8 Å². The Balaban J connectivity index is 2.07. The van der Waals surface area contributed by atoms with Crippen LogP contribution in [0.4, 0.5) is 10.3 Å². The first-order valence-corrected chi connectivity index (χ1v) is 8.23. The number of nitrogens with two attached hydrogens (primary N) is 2. The zero-order valence-corrected chi connectivity index (χ0v) is 13.7. The van der Waals surface area contributed by atoms with Crippen molar-refractivity contribution in [1.29, 1.82) is 0 Å². The minimum absolute atomic E-state index is 0.236. The summed E-state index contributed by atoms with van der Waals surface area (Å²) in [5, 5.41) is 20.7. The highest BCUT2D eigenvalue weighted by Gasteiger charge is 2.66. The molecule has 2 aromatic heterocycles. The molecule has 3 rings (SSSR count). The molecular weight excluding hydrogens is 362 g/mol. The third kappa shape index (κ3) is 2.69. The first kappa shape index (κ1) is 18.1. The molecule has 1 fully saturated rings. The van der Waals surface area contributed by atoms with Gasteiger partial charge in [0.15, 0.2) is 16.8 Å². The lowest BCUT2D eigenvalue weighted by molar-refractivity contribution is -0.269. The van der Waals surface area contributed by atoms with Crippen molar-refractivity contribution in [2.24, 2.45) is 5.50 Å². The molecule has 0 saturated carbocycles. The van der Waals surface area contributed by atoms with Crippen LogP contribution in [0.25, 0.3) is 11.2 Å². The predicted molar refractivity (Wildman–Crippen MR) is 82.4 cm³/mol. The Morgan fingerprint density at radius 3 is 2.96 bits per heavy atom. The van der Waals surface area contributed by atoms with E-state index >= 15 is 4.39 Å². The number of nitrogens with one attached hydrogen (secondary N) is 1. The second-order valence-corrected chi connectivity index (χ2v) is 6.51. The Morgan fingerprint density at radius 2 is 2.32 bits per heavy atom. The van der Waals surface area contributed by atoms with Crippen LogP contribution in [0.5, 0.6) is 0 Å². The maximum atomic E-state index is 15.6. The lowest BCUT2D eigenvalue weighted by Gasteiger charge is -2.32. The molecule has 5 atom stereocenters. The zero-order chi connectivity index (χ0) is 18.6. The van der Waals surface area contributed by atoms with Crippen LogP contribution in [0.1, 0.15) is 6.92 Å². The Labute approximate surface area is 140 Å². The summed E-state index contributed by atoms with van der Waals surface area (Å²) >= 11 is 0. The van der Waals surface area contributed by atoms with Gasteiger partial charge in [0, 0.05) is 0 Å². The molecule has 0 aromatic carbocycles. The van der Waals surface area contributed by atoms with Gasteiger partial charge in [0.25, 0.3) is 5.56 Å². The Kier molecular flexibility index (Phi) is 4.28. The zero-order valence-electron chi connectivity index (χ0n) is 12.8. The highest BCUT2D eigenvalue weighted by molar-refractivity contribution is 7.43. The van der Waals surface area contributed by atoms with Crippen molar-refractivity contribution in [2.75, 3.05) is 12.3 Å². The Morgan fingerprint density at radius 1 is 1.64 bits per heavy atom. The predicted octanol–water partition coefficient (Wildman–Crippen LogP) is -2.01. The van der Waals surface area contributed by atoms with Gasteiger partial charge in [0.05, 0.1) is 6.61 Å². The number of fused-ring (bicyclic) bond motifs is 1. The molecule has 8 N–H and O–H groups in total. The van der Waals surface area contributed by atoms with Gasteiger partial charge in [0.1, 0.15) is 18.5 Å². The molecule has 14 heteroatoms. The molecule has 12 nitrogen and oxygen atoms in total. The number of ether oxygens (including phenoxy) is 1. The number of aliphatic hydroxyl groups excluding tert-OH is 1. The van der Waals surface area contributed by atoms with Gasteiger partial charge >= 0.3 is 5.98 Å². The fraction of sp³-hybridized carbons (Fsp3) is 0.545. The molecule has 1 aliphatic rings. The second kappa shape index (κ2) is 5.92. The number of anilines is 1. The van der Waals surface area contributed by atoms with E-state index in [0.717, 1.165) is 13.3 Å². The number of aliphatic hydroxyl groups is 2. The minimum atomic E-state index is -3.05. The number of hydrogen-bond acceptors (Lipinski definition) is 10. The van der Waals surface area contributed by atoms with E-state index in [1.54, 1.807) is 0 Å². The Hall–Kier alpha value is -1.73. The molecule has 25 heavy (non-hydrogen) atoms. The average Bonchev–Trinajstić information content (AvgIpc) is 3.00. The second-order valence-electron chi connectivity index (χ2n) is 5.65. The van der Waals surface area contributed by atoms with Crippen LogP contribution >= 0.6 is 8.53 Å². The maximum absolute atomic E-state index is 15.6. The van der Waals surface area contributed by atoms with E-state index < -0.39 is 44.5 Å². The smallest absolute Gasteiger partial charge is 0.328 e. The van der Waals surface area contributed by atoms with E-state index in [0.29, 0.717) is 4.57 Å². The van der Waals surface area contributed by atoms with E-state index in [1.807, 2.05) is 0 Å². The standard InChI is InChI=1S/C11H16FN6O6P/c1-10(21)6(19)4(2-23-25(14)22)24-11(10,12)18-3-15-5-7(18)16-9(13)17-8(5)20/h3-4,6,19,21-22H,2,14H2,1H3,(H3,13,16,17,20)/t4-,6-,10-,11+,25?/m1/s1. The van der Waals surface area contributed by atoms with Gasteiger partial charge in [-0.2, -0.15) is 9.37 Å². The number of nitrogens with zero attached hydrogens (tertiary/aromatic N) is 3. The van der Waals surface area contributed by atoms with Crippen LogP contribution in [-0.4, -0.2) is 59.0 Å². The van der Waals surface area contributed by atoms with Crippen LogP contribution in [0.2, 0.25) is 0 Å². The number of nitrogen functional groups attached to an aromatic ring is 1. The molecule has 0 radical (unpaired) electrons. The SMILES string of the molecule is C[C@@]1(O)[C@H](O)[C@@H](COP(N)O)O[C@@]1(F)n1cnc2c(=O)[nH]c(N)nc21. The average molecular weight is 378 g/mol. The summed E-state index contributed by atoms with van der Waals surface area (Å²) < 4.78 is 26.2. The van der Waals surface area contributed by atoms with Crippen LogP contribution in [-0.2, 0) is 15.2 Å². The lowest BCUT2D eigenvalue weighted by Crippen LogP contribution is -2.53. The molecule has 1 aliphatic heterocycles. The van der Waals surface area contributed by atoms with Gasteiger partial charge in [-0.25, -0.2) is 4.98 Å². The molecule has 1 unspecified atom stereocenters. The van der Waals surface area contributed by atoms with Gasteiger partial charge in [0.2, 0.25) is 14.5 Å². The van der Waals surface area contributed by atoms with E-state index in [9.17, 15) is 15.0 Å². The van der Waals surface area contributed by atoms with Crippen LogP contribution < -0.4 is 16.8 Å². The van der Waals surface area contributed by atoms with Gasteiger partial charge < -0.3 is 30.1 Å². The normalized spacial score (nSPS) is 33.8. The van der Waals surface area contributed by atoms with Crippen molar-refractivity contribution in [3.8, 4) is 0 Å². The van der Waals surface area contributed by atoms with Gasteiger partial charge in [-0.3, -0.25) is 19.8 Å². The quantitative estimate of drug-likeness (QED) is 0.323.